The summed E-state index contributed by atoms with van der Waals surface area (Å²) in [7, 11) is 4.00. The molecule has 3 aromatic rings. The third-order valence-electron chi connectivity index (χ3n) is 6.24. The van der Waals surface area contributed by atoms with Crippen LogP contribution in [0.4, 0.5) is 16.2 Å². The fourth-order valence-electron chi connectivity index (χ4n) is 4.24. The van der Waals surface area contributed by atoms with Crippen molar-refractivity contribution in [2.45, 2.75) is 26.3 Å². The third kappa shape index (κ3) is 6.29. The van der Waals surface area contributed by atoms with Crippen LogP contribution in [-0.4, -0.2) is 53.8 Å². The van der Waals surface area contributed by atoms with E-state index >= 15 is 0 Å². The molecule has 2 heterocycles. The summed E-state index contributed by atoms with van der Waals surface area (Å²) >= 11 is 0. The Labute approximate surface area is 217 Å². The van der Waals surface area contributed by atoms with Gasteiger partial charge in [-0.25, -0.2) is 9.31 Å². The number of carbonyl (C=O) groups is 1. The predicted molar refractivity (Wildman–Crippen MR) is 146 cm³/mol. The van der Waals surface area contributed by atoms with E-state index in [-0.39, 0.29) is 18.0 Å². The van der Waals surface area contributed by atoms with Crippen molar-refractivity contribution in [1.82, 2.24) is 19.8 Å². The lowest BCUT2D eigenvalue weighted by Gasteiger charge is -2.26. The number of aryl methyl sites for hydroxylation is 1. The zero-order chi connectivity index (χ0) is 26.4. The van der Waals surface area contributed by atoms with Gasteiger partial charge in [0.05, 0.1) is 40.9 Å². The highest BCUT2D eigenvalue weighted by molar-refractivity contribution is 5.94. The summed E-state index contributed by atoms with van der Waals surface area (Å²) in [5, 5.41) is 23.5. The monoisotopic (exact) mass is 499 g/mol. The van der Waals surface area contributed by atoms with Gasteiger partial charge in [-0.1, -0.05) is 31.2 Å². The Morgan fingerprint density at radius 3 is 2.76 bits per heavy atom. The van der Waals surface area contributed by atoms with Gasteiger partial charge < -0.3 is 25.6 Å². The van der Waals surface area contributed by atoms with E-state index in [0.717, 1.165) is 35.6 Å². The zero-order valence-electron chi connectivity index (χ0n) is 21.7. The van der Waals surface area contributed by atoms with Crippen molar-refractivity contribution in [3.05, 3.63) is 77.8 Å². The molecule has 9 nitrogen and oxygen atoms in total. The molecule has 2 atom stereocenters. The molecule has 0 saturated carbocycles. The number of anilines is 2. The number of aromatic nitrogens is 2. The molecule has 0 saturated heterocycles. The highest BCUT2D eigenvalue weighted by Crippen LogP contribution is 2.32. The first-order valence-corrected chi connectivity index (χ1v) is 12.4. The first-order valence-electron chi connectivity index (χ1n) is 12.4. The average Bonchev–Trinajstić information content (AvgIpc) is 3.19. The fourth-order valence-corrected chi connectivity index (χ4v) is 4.24. The largest absolute Gasteiger partial charge is 0.458 e. The first kappa shape index (κ1) is 25.8. The normalized spacial score (nSPS) is 16.8. The molecule has 3 N–H and O–H groups in total. The Bertz CT molecular complexity index is 1350. The lowest BCUT2D eigenvalue weighted by atomic mass is 9.95. The quantitative estimate of drug-likeness (QED) is 0.373. The number of hydrogen-bond donors (Lipinski definition) is 3. The molecule has 4 rings (SSSR count). The number of benzene rings is 1. The van der Waals surface area contributed by atoms with Crippen molar-refractivity contribution in [2.75, 3.05) is 37.8 Å². The number of para-hydroxylation sites is 1. The maximum atomic E-state index is 12.5. The molecule has 37 heavy (non-hydrogen) atoms. The van der Waals surface area contributed by atoms with E-state index in [1.165, 1.54) is 6.20 Å². The number of carbonyl (C=O) groups excluding carboxylic acids is 1. The second kappa shape index (κ2) is 11.6. The Morgan fingerprint density at radius 2 is 2.05 bits per heavy atom. The van der Waals surface area contributed by atoms with Crippen molar-refractivity contribution in [3.8, 4) is 11.8 Å². The second-order valence-electron chi connectivity index (χ2n) is 9.42. The van der Waals surface area contributed by atoms with Gasteiger partial charge in [-0.2, -0.15) is 10.4 Å². The van der Waals surface area contributed by atoms with Crippen molar-refractivity contribution >= 4 is 22.9 Å². The van der Waals surface area contributed by atoms with E-state index in [1.807, 2.05) is 63.5 Å². The lowest BCUT2D eigenvalue weighted by molar-refractivity contribution is 0.251. The zero-order valence-corrected chi connectivity index (χ0v) is 21.7. The van der Waals surface area contributed by atoms with Crippen LogP contribution in [0.3, 0.4) is 0 Å². The maximum Gasteiger partial charge on any atom is 0.319 e. The molecule has 1 aliphatic carbocycles. The molecular weight excluding hydrogens is 466 g/mol. The molecule has 192 valence electrons. The van der Waals surface area contributed by atoms with Gasteiger partial charge in [-0.15, -0.1) is 0 Å². The van der Waals surface area contributed by atoms with Crippen LogP contribution in [0, 0.1) is 24.2 Å². The van der Waals surface area contributed by atoms with Gasteiger partial charge in [0.1, 0.15) is 17.6 Å². The summed E-state index contributed by atoms with van der Waals surface area (Å²) in [5.74, 6) is 1.66. The number of nitrogens with zero attached hydrogens (tertiary/aromatic N) is 4. The number of amides is 2. The van der Waals surface area contributed by atoms with Crippen LogP contribution in [0.2, 0.25) is 0 Å². The number of hydrogen-bond acceptors (Lipinski definition) is 6. The first-order chi connectivity index (χ1) is 17.9. The minimum absolute atomic E-state index is 0.0628. The van der Waals surface area contributed by atoms with Gasteiger partial charge >= 0.3 is 6.03 Å². The highest BCUT2D eigenvalue weighted by Gasteiger charge is 2.23. The van der Waals surface area contributed by atoms with Crippen LogP contribution in [0.5, 0.6) is 5.75 Å². The number of urea groups is 1. The smallest absolute Gasteiger partial charge is 0.319 e. The van der Waals surface area contributed by atoms with Crippen molar-refractivity contribution in [3.63, 3.8) is 0 Å². The molecule has 2 unspecified atom stereocenters. The van der Waals surface area contributed by atoms with E-state index in [2.05, 4.69) is 45.0 Å². The molecule has 2 aromatic heterocycles. The minimum atomic E-state index is -0.271. The standard InChI is InChI=1S/C28H33N7O2/c1-19-15-23(37-22-9-6-5-7-10-22)11-12-24(19)32-26-21(16-29)17-31-35-18-25(20(2)27(26)35)33-28(36)30-13-8-14-34(3)4/h5-7,9-12,15,17-19,24,32H,8,13-14H2,1-4H3,(H2,30,33,36). The third-order valence-corrected chi connectivity index (χ3v) is 6.24. The molecule has 0 radical (unpaired) electrons. The van der Waals surface area contributed by atoms with Crippen LogP contribution in [0.15, 0.2) is 66.7 Å². The van der Waals surface area contributed by atoms with Gasteiger partial charge in [-0.05, 0) is 58.3 Å². The summed E-state index contributed by atoms with van der Waals surface area (Å²) in [5.41, 5.74) is 3.33. The predicted octanol–water partition coefficient (Wildman–Crippen LogP) is 4.54. The van der Waals surface area contributed by atoms with E-state index in [9.17, 15) is 10.1 Å². The molecule has 1 aromatic carbocycles. The molecule has 2 amide bonds. The van der Waals surface area contributed by atoms with Crippen molar-refractivity contribution in [1.29, 1.82) is 5.26 Å². The van der Waals surface area contributed by atoms with Gasteiger partial charge in [-0.3, -0.25) is 0 Å². The Balaban J connectivity index is 1.51. The van der Waals surface area contributed by atoms with Crippen LogP contribution < -0.4 is 20.7 Å². The topological polar surface area (TPSA) is 107 Å². The average molecular weight is 500 g/mol. The Morgan fingerprint density at radius 1 is 1.27 bits per heavy atom. The molecule has 0 aliphatic heterocycles. The van der Waals surface area contributed by atoms with E-state index in [1.54, 1.807) is 10.7 Å². The van der Waals surface area contributed by atoms with Crippen molar-refractivity contribution in [2.24, 2.45) is 5.92 Å². The number of nitriles is 1. The van der Waals surface area contributed by atoms with Crippen molar-refractivity contribution < 1.29 is 9.53 Å². The Kier molecular flexibility index (Phi) is 8.11. The molecule has 9 heteroatoms. The Hall–Kier alpha value is -4.29. The lowest BCUT2D eigenvalue weighted by Crippen LogP contribution is -2.31. The van der Waals surface area contributed by atoms with Crippen LogP contribution in [0.1, 0.15) is 24.5 Å². The van der Waals surface area contributed by atoms with Gasteiger partial charge in [0.15, 0.2) is 0 Å². The number of rotatable bonds is 9. The van der Waals surface area contributed by atoms with E-state index in [0.29, 0.717) is 23.5 Å². The summed E-state index contributed by atoms with van der Waals surface area (Å²) < 4.78 is 7.67. The van der Waals surface area contributed by atoms with Gasteiger partial charge in [0, 0.05) is 18.0 Å². The SMILES string of the molecule is Cc1c(NC(=O)NCCCN(C)C)cn2ncc(C#N)c(NC3C=CC(Oc4ccccc4)=CC3C)c12. The van der Waals surface area contributed by atoms with Gasteiger partial charge in [0.2, 0.25) is 0 Å². The van der Waals surface area contributed by atoms with Gasteiger partial charge in [0.25, 0.3) is 0 Å². The minimum Gasteiger partial charge on any atom is -0.458 e. The number of nitrogens with one attached hydrogen (secondary N) is 3. The molecule has 0 spiro atoms. The highest BCUT2D eigenvalue weighted by atomic mass is 16.5. The van der Waals surface area contributed by atoms with Crippen LogP contribution in [-0.2, 0) is 0 Å². The second-order valence-corrected chi connectivity index (χ2v) is 9.42. The summed E-state index contributed by atoms with van der Waals surface area (Å²) in [6.07, 6.45) is 10.2. The molecular formula is C28H33N7O2. The number of ether oxygens (including phenoxy) is 1. The summed E-state index contributed by atoms with van der Waals surface area (Å²) in [6.45, 7) is 5.49. The number of fused-ring (bicyclic) bond motifs is 1. The molecule has 0 bridgehead atoms. The summed E-state index contributed by atoms with van der Waals surface area (Å²) in [4.78, 5) is 14.5. The van der Waals surface area contributed by atoms with E-state index in [4.69, 9.17) is 4.74 Å². The number of allylic oxidation sites excluding steroid dienone is 1. The van der Waals surface area contributed by atoms with Crippen LogP contribution >= 0.6 is 0 Å². The molecule has 1 aliphatic rings. The summed E-state index contributed by atoms with van der Waals surface area (Å²) in [6, 6.07) is 11.6. The molecule has 0 fully saturated rings. The maximum absolute atomic E-state index is 12.5. The van der Waals surface area contributed by atoms with Crippen LogP contribution in [0.25, 0.3) is 5.52 Å². The van der Waals surface area contributed by atoms with E-state index < -0.39 is 0 Å². The fraction of sp³-hybridized carbons (Fsp3) is 0.321.